The third kappa shape index (κ3) is 4.23. The number of hydrogen-bond donors (Lipinski definition) is 1. The van der Waals surface area contributed by atoms with Crippen LogP contribution in [0.15, 0.2) is 15.9 Å². The van der Waals surface area contributed by atoms with Gasteiger partial charge in [-0.1, -0.05) is 0 Å². The van der Waals surface area contributed by atoms with E-state index in [1.54, 1.807) is 11.3 Å². The van der Waals surface area contributed by atoms with Gasteiger partial charge < -0.3 is 10.1 Å². The van der Waals surface area contributed by atoms with Crippen LogP contribution < -0.4 is 5.32 Å². The summed E-state index contributed by atoms with van der Waals surface area (Å²) in [6, 6.07) is 2.56. The van der Waals surface area contributed by atoms with Gasteiger partial charge in [-0.2, -0.15) is 0 Å². The second kappa shape index (κ2) is 6.63. The van der Waals surface area contributed by atoms with Gasteiger partial charge in [0.25, 0.3) is 0 Å². The summed E-state index contributed by atoms with van der Waals surface area (Å²) in [5.74, 6) is 0. The van der Waals surface area contributed by atoms with E-state index in [1.165, 1.54) is 9.35 Å². The number of hydrogen-bond acceptors (Lipinski definition) is 3. The van der Waals surface area contributed by atoms with E-state index in [0.717, 1.165) is 13.0 Å². The molecule has 2 atom stereocenters. The highest BCUT2D eigenvalue weighted by atomic mass is 79.9. The first-order valence-electron chi connectivity index (χ1n) is 5.19. The zero-order valence-electron chi connectivity index (χ0n) is 9.42. The Labute approximate surface area is 104 Å². The second-order valence-corrected chi connectivity index (χ2v) is 5.40. The molecule has 0 aromatic carbocycles. The minimum atomic E-state index is 0.251. The molecule has 2 nitrogen and oxygen atoms in total. The Morgan fingerprint density at radius 2 is 2.33 bits per heavy atom. The molecule has 0 amide bonds. The Morgan fingerprint density at radius 1 is 1.60 bits per heavy atom. The summed E-state index contributed by atoms with van der Waals surface area (Å²) in [5.41, 5.74) is 0. The molecule has 2 unspecified atom stereocenters. The van der Waals surface area contributed by atoms with Crippen LogP contribution in [0.1, 0.15) is 18.7 Å². The van der Waals surface area contributed by atoms with Gasteiger partial charge in [0.15, 0.2) is 0 Å². The molecule has 0 fully saturated rings. The van der Waals surface area contributed by atoms with E-state index in [1.807, 2.05) is 14.0 Å². The Balaban J connectivity index is 2.53. The van der Waals surface area contributed by atoms with Crippen LogP contribution >= 0.6 is 27.3 Å². The van der Waals surface area contributed by atoms with Gasteiger partial charge >= 0.3 is 0 Å². The predicted molar refractivity (Wildman–Crippen MR) is 69.7 cm³/mol. The molecule has 0 saturated heterocycles. The Hall–Kier alpha value is 0.1000. The van der Waals surface area contributed by atoms with Crippen molar-refractivity contribution in [2.24, 2.45) is 0 Å². The zero-order valence-corrected chi connectivity index (χ0v) is 11.8. The number of ether oxygens (including phenoxy) is 1. The van der Waals surface area contributed by atoms with Gasteiger partial charge in [-0.3, -0.25) is 0 Å². The average molecular weight is 292 g/mol. The van der Waals surface area contributed by atoms with Crippen molar-refractivity contribution in [2.45, 2.75) is 32.4 Å². The van der Waals surface area contributed by atoms with Crippen molar-refractivity contribution in [3.8, 4) is 0 Å². The summed E-state index contributed by atoms with van der Waals surface area (Å²) in [6.07, 6.45) is 1.27. The van der Waals surface area contributed by atoms with Crippen LogP contribution in [-0.2, 0) is 11.2 Å². The third-order valence-corrected chi connectivity index (χ3v) is 4.13. The van der Waals surface area contributed by atoms with Crippen LogP contribution in [0.5, 0.6) is 0 Å². The van der Waals surface area contributed by atoms with Gasteiger partial charge in [-0.15, -0.1) is 11.3 Å². The number of nitrogens with one attached hydrogen (secondary N) is 1. The second-order valence-electron chi connectivity index (χ2n) is 3.49. The van der Waals surface area contributed by atoms with Gasteiger partial charge in [-0.25, -0.2) is 0 Å². The average Bonchev–Trinajstić information content (AvgIpc) is 2.61. The molecule has 1 aromatic rings. The van der Waals surface area contributed by atoms with Gasteiger partial charge in [-0.05, 0) is 49.3 Å². The number of halogens is 1. The van der Waals surface area contributed by atoms with Crippen molar-refractivity contribution >= 4 is 27.3 Å². The topological polar surface area (TPSA) is 21.3 Å². The molecule has 86 valence electrons. The van der Waals surface area contributed by atoms with Crippen LogP contribution in [0.3, 0.4) is 0 Å². The fourth-order valence-electron chi connectivity index (χ4n) is 1.56. The lowest BCUT2D eigenvalue weighted by atomic mass is 10.1. The molecule has 4 heteroatoms. The highest BCUT2D eigenvalue weighted by molar-refractivity contribution is 9.10. The summed E-state index contributed by atoms with van der Waals surface area (Å²) in [7, 11) is 1.99. The van der Waals surface area contributed by atoms with Crippen LogP contribution in [-0.4, -0.2) is 25.8 Å². The largest absolute Gasteiger partial charge is 0.377 e. The molecule has 0 aliphatic heterocycles. The molecule has 0 aliphatic rings. The third-order valence-electron chi connectivity index (χ3n) is 2.41. The van der Waals surface area contributed by atoms with Gasteiger partial charge in [0.2, 0.25) is 0 Å². The van der Waals surface area contributed by atoms with E-state index in [9.17, 15) is 0 Å². The van der Waals surface area contributed by atoms with E-state index in [0.29, 0.717) is 6.04 Å². The van der Waals surface area contributed by atoms with Crippen LogP contribution in [0.4, 0.5) is 0 Å². The van der Waals surface area contributed by atoms with Crippen LogP contribution in [0.2, 0.25) is 0 Å². The fourth-order valence-corrected chi connectivity index (χ4v) is 3.07. The Morgan fingerprint density at radius 3 is 2.80 bits per heavy atom. The molecule has 0 radical (unpaired) electrons. The molecule has 15 heavy (non-hydrogen) atoms. The highest BCUT2D eigenvalue weighted by Crippen LogP contribution is 2.21. The van der Waals surface area contributed by atoms with Gasteiger partial charge in [0.1, 0.15) is 0 Å². The summed E-state index contributed by atoms with van der Waals surface area (Å²) < 4.78 is 6.77. The molecule has 1 heterocycles. The van der Waals surface area contributed by atoms with E-state index >= 15 is 0 Å². The van der Waals surface area contributed by atoms with Crippen LogP contribution in [0.25, 0.3) is 0 Å². The monoisotopic (exact) mass is 291 g/mol. The van der Waals surface area contributed by atoms with E-state index < -0.39 is 0 Å². The molecule has 1 N–H and O–H groups in total. The lowest BCUT2D eigenvalue weighted by Crippen LogP contribution is -2.39. The molecule has 0 bridgehead atoms. The minimum absolute atomic E-state index is 0.251. The maximum atomic E-state index is 5.60. The number of likely N-dealkylation sites (N-methyl/N-ethyl adjacent to an activating group) is 1. The predicted octanol–water partition coefficient (Wildman–Crippen LogP) is 3.07. The van der Waals surface area contributed by atoms with E-state index in [4.69, 9.17) is 4.74 Å². The molecule has 0 saturated carbocycles. The standard InChI is InChI=1S/C11H18BrNOS/c1-4-14-8(2)11(13-3)6-10-5-9(12)7-15-10/h5,7-8,11,13H,4,6H2,1-3H3. The zero-order chi connectivity index (χ0) is 11.3. The smallest absolute Gasteiger partial charge is 0.0703 e. The summed E-state index contributed by atoms with van der Waals surface area (Å²) in [6.45, 7) is 4.92. The molecule has 0 spiro atoms. The summed E-state index contributed by atoms with van der Waals surface area (Å²) >= 11 is 5.26. The van der Waals surface area contributed by atoms with Gasteiger partial charge in [0.05, 0.1) is 6.10 Å². The van der Waals surface area contributed by atoms with Gasteiger partial charge in [0, 0.05) is 27.4 Å². The molecular formula is C11H18BrNOS. The molecule has 0 aliphatic carbocycles. The minimum Gasteiger partial charge on any atom is -0.377 e. The van der Waals surface area contributed by atoms with Crippen molar-refractivity contribution < 1.29 is 4.74 Å². The van der Waals surface area contributed by atoms with Crippen molar-refractivity contribution in [1.29, 1.82) is 0 Å². The first kappa shape index (κ1) is 13.2. The quantitative estimate of drug-likeness (QED) is 0.870. The van der Waals surface area contributed by atoms with Crippen molar-refractivity contribution in [3.63, 3.8) is 0 Å². The molecule has 1 aromatic heterocycles. The Kier molecular flexibility index (Phi) is 5.82. The van der Waals surface area contributed by atoms with Crippen LogP contribution in [0, 0.1) is 0 Å². The molecule has 1 rings (SSSR count). The SMILES string of the molecule is CCOC(C)C(Cc1cc(Br)cs1)NC. The first-order valence-corrected chi connectivity index (χ1v) is 6.86. The van der Waals surface area contributed by atoms with E-state index in [-0.39, 0.29) is 6.10 Å². The summed E-state index contributed by atoms with van der Waals surface area (Å²) in [5, 5.41) is 5.43. The Bertz CT molecular complexity index is 290. The maximum absolute atomic E-state index is 5.60. The summed E-state index contributed by atoms with van der Waals surface area (Å²) in [4.78, 5) is 1.38. The van der Waals surface area contributed by atoms with Crippen molar-refractivity contribution in [1.82, 2.24) is 5.32 Å². The molecular weight excluding hydrogens is 274 g/mol. The van der Waals surface area contributed by atoms with Crippen molar-refractivity contribution in [3.05, 3.63) is 20.8 Å². The number of thiophene rings is 1. The normalized spacial score (nSPS) is 15.2. The van der Waals surface area contributed by atoms with Crippen molar-refractivity contribution in [2.75, 3.05) is 13.7 Å². The number of rotatable bonds is 6. The lowest BCUT2D eigenvalue weighted by molar-refractivity contribution is 0.0499. The first-order chi connectivity index (χ1) is 7.17. The highest BCUT2D eigenvalue weighted by Gasteiger charge is 2.16. The lowest BCUT2D eigenvalue weighted by Gasteiger charge is -2.22. The fraction of sp³-hybridized carbons (Fsp3) is 0.636. The maximum Gasteiger partial charge on any atom is 0.0703 e. The van der Waals surface area contributed by atoms with E-state index in [2.05, 4.69) is 39.6 Å².